The lowest BCUT2D eigenvalue weighted by atomic mass is 10.1. The van der Waals surface area contributed by atoms with Gasteiger partial charge in [0.15, 0.2) is 11.5 Å². The number of morpholine rings is 1. The van der Waals surface area contributed by atoms with E-state index in [-0.39, 0.29) is 18.4 Å². The van der Waals surface area contributed by atoms with Gasteiger partial charge in [-0.15, -0.1) is 0 Å². The van der Waals surface area contributed by atoms with Crippen LogP contribution in [0, 0.1) is 5.82 Å². The highest BCUT2D eigenvalue weighted by atomic mass is 19.1. The second kappa shape index (κ2) is 13.5. The predicted octanol–water partition coefficient (Wildman–Crippen LogP) is 4.76. The number of hydrogen-bond donors (Lipinski definition) is 2. The topological polar surface area (TPSA) is 116 Å². The van der Waals surface area contributed by atoms with Gasteiger partial charge in [0.25, 0.3) is 0 Å². The molecule has 1 fully saturated rings. The fourth-order valence-corrected chi connectivity index (χ4v) is 4.84. The van der Waals surface area contributed by atoms with E-state index in [0.29, 0.717) is 65.3 Å². The molecule has 2 amide bonds. The summed E-state index contributed by atoms with van der Waals surface area (Å²) < 4.78 is 42.8. The molecule has 1 saturated heterocycles. The summed E-state index contributed by atoms with van der Waals surface area (Å²) >= 11 is 0. The van der Waals surface area contributed by atoms with E-state index in [1.165, 1.54) is 18.5 Å². The Morgan fingerprint density at radius 3 is 2.51 bits per heavy atom. The van der Waals surface area contributed by atoms with E-state index in [2.05, 4.69) is 25.5 Å². The third-order valence-corrected chi connectivity index (χ3v) is 7.02. The van der Waals surface area contributed by atoms with E-state index in [4.69, 9.17) is 23.7 Å². The van der Waals surface area contributed by atoms with Crippen molar-refractivity contribution in [3.05, 3.63) is 72.3 Å². The number of carbonyl (C=O) groups excluding carboxylic acids is 1. The molecule has 2 aliphatic rings. The SMILES string of the molecule is O=C(NCc1ccc(F)cc1)Nc1ccc(Oc2ncnc3cc(OCCCN4CCOCC4)c4c(c23)OCCO4)cc1. The highest BCUT2D eigenvalue weighted by molar-refractivity contribution is 5.94. The van der Waals surface area contributed by atoms with Crippen molar-refractivity contribution in [2.24, 2.45) is 0 Å². The minimum atomic E-state index is -0.386. The maximum atomic E-state index is 13.1. The summed E-state index contributed by atoms with van der Waals surface area (Å²) in [6.45, 7) is 5.93. The fraction of sp³-hybridized carbons (Fsp3) is 0.323. The summed E-state index contributed by atoms with van der Waals surface area (Å²) in [5, 5.41) is 6.09. The molecule has 6 rings (SSSR count). The zero-order valence-electron chi connectivity index (χ0n) is 23.5. The molecule has 2 N–H and O–H groups in total. The van der Waals surface area contributed by atoms with Crippen LogP contribution < -0.4 is 29.6 Å². The molecule has 3 heterocycles. The van der Waals surface area contributed by atoms with Gasteiger partial charge >= 0.3 is 6.03 Å². The molecule has 1 aromatic heterocycles. The summed E-state index contributed by atoms with van der Waals surface area (Å²) in [5.41, 5.74) is 1.96. The standard InChI is InChI=1S/C31H32FN5O6/c32-22-4-2-21(3-5-22)19-33-31(38)36-23-6-8-24(9-7-23)43-30-27-25(34-20-35-30)18-26(28-29(27)42-17-16-41-28)40-13-1-10-37-11-14-39-15-12-37/h2-9,18,20H,1,10-17,19H2,(H2,33,36,38). The van der Waals surface area contributed by atoms with Crippen molar-refractivity contribution in [1.29, 1.82) is 0 Å². The first-order chi connectivity index (χ1) is 21.1. The van der Waals surface area contributed by atoms with Crippen molar-refractivity contribution in [2.45, 2.75) is 13.0 Å². The third kappa shape index (κ3) is 7.22. The van der Waals surface area contributed by atoms with Crippen LogP contribution in [-0.4, -0.2) is 73.6 Å². The quantitative estimate of drug-likeness (QED) is 0.253. The van der Waals surface area contributed by atoms with E-state index >= 15 is 0 Å². The Bertz CT molecular complexity index is 1550. The number of carbonyl (C=O) groups is 1. The van der Waals surface area contributed by atoms with Crippen molar-refractivity contribution in [2.75, 3.05) is 58.0 Å². The average Bonchev–Trinajstić information content (AvgIpc) is 3.04. The second-order valence-electron chi connectivity index (χ2n) is 10.0. The molecule has 0 radical (unpaired) electrons. The first-order valence-electron chi connectivity index (χ1n) is 14.2. The Hall–Kier alpha value is -4.68. The number of anilines is 1. The Kier molecular flexibility index (Phi) is 8.95. The van der Waals surface area contributed by atoms with Gasteiger partial charge in [0, 0.05) is 37.9 Å². The summed E-state index contributed by atoms with van der Waals surface area (Å²) in [7, 11) is 0. The Labute approximate surface area is 247 Å². The third-order valence-electron chi connectivity index (χ3n) is 7.02. The van der Waals surface area contributed by atoms with E-state index in [0.717, 1.165) is 44.8 Å². The van der Waals surface area contributed by atoms with Gasteiger partial charge in [-0.2, -0.15) is 0 Å². The summed E-state index contributed by atoms with van der Waals surface area (Å²) in [5.74, 6) is 2.06. The van der Waals surface area contributed by atoms with Crippen LogP contribution >= 0.6 is 0 Å². The Balaban J connectivity index is 1.11. The number of halogens is 1. The Morgan fingerprint density at radius 2 is 1.72 bits per heavy atom. The van der Waals surface area contributed by atoms with Gasteiger partial charge in [0.05, 0.1) is 25.3 Å². The van der Waals surface area contributed by atoms with E-state index in [1.54, 1.807) is 36.4 Å². The van der Waals surface area contributed by atoms with Crippen molar-refractivity contribution >= 4 is 22.6 Å². The monoisotopic (exact) mass is 589 g/mol. The number of aromatic nitrogens is 2. The van der Waals surface area contributed by atoms with Crippen LogP contribution in [0.4, 0.5) is 14.9 Å². The van der Waals surface area contributed by atoms with E-state index < -0.39 is 0 Å². The first kappa shape index (κ1) is 28.4. The number of nitrogens with one attached hydrogen (secondary N) is 2. The van der Waals surface area contributed by atoms with Crippen molar-refractivity contribution < 1.29 is 32.9 Å². The molecule has 0 spiro atoms. The molecule has 12 heteroatoms. The van der Waals surface area contributed by atoms with Gasteiger partial charge in [0.1, 0.15) is 36.5 Å². The van der Waals surface area contributed by atoms with Crippen molar-refractivity contribution in [1.82, 2.24) is 20.2 Å². The van der Waals surface area contributed by atoms with Gasteiger partial charge in [-0.25, -0.2) is 19.2 Å². The van der Waals surface area contributed by atoms with Crippen LogP contribution in [0.1, 0.15) is 12.0 Å². The zero-order valence-corrected chi connectivity index (χ0v) is 23.5. The number of amides is 2. The maximum Gasteiger partial charge on any atom is 0.319 e. The lowest BCUT2D eigenvalue weighted by Gasteiger charge is -2.26. The molecule has 4 aromatic rings. The largest absolute Gasteiger partial charge is 0.489 e. The van der Waals surface area contributed by atoms with Crippen molar-refractivity contribution in [3.8, 4) is 28.9 Å². The van der Waals surface area contributed by atoms with Crippen LogP contribution in [0.5, 0.6) is 28.9 Å². The number of fused-ring (bicyclic) bond motifs is 3. The lowest BCUT2D eigenvalue weighted by molar-refractivity contribution is 0.0357. The average molecular weight is 590 g/mol. The predicted molar refractivity (Wildman–Crippen MR) is 157 cm³/mol. The molecular weight excluding hydrogens is 557 g/mol. The highest BCUT2D eigenvalue weighted by Crippen LogP contribution is 2.47. The maximum absolute atomic E-state index is 13.1. The van der Waals surface area contributed by atoms with Gasteiger partial charge in [-0.05, 0) is 48.4 Å². The molecule has 43 heavy (non-hydrogen) atoms. The van der Waals surface area contributed by atoms with Gasteiger partial charge in [-0.3, -0.25) is 4.90 Å². The number of hydrogen-bond acceptors (Lipinski definition) is 9. The second-order valence-corrected chi connectivity index (χ2v) is 10.0. The molecule has 0 atom stereocenters. The van der Waals surface area contributed by atoms with Crippen LogP contribution in [0.15, 0.2) is 60.9 Å². The van der Waals surface area contributed by atoms with Crippen LogP contribution in [0.3, 0.4) is 0 Å². The normalized spacial score (nSPS) is 14.7. The van der Waals surface area contributed by atoms with Crippen molar-refractivity contribution in [3.63, 3.8) is 0 Å². The molecule has 0 saturated carbocycles. The molecule has 0 unspecified atom stereocenters. The number of rotatable bonds is 10. The molecule has 3 aromatic carbocycles. The Morgan fingerprint density at radius 1 is 0.953 bits per heavy atom. The zero-order chi connectivity index (χ0) is 29.4. The van der Waals surface area contributed by atoms with Crippen LogP contribution in [0.25, 0.3) is 10.9 Å². The van der Waals surface area contributed by atoms with Gasteiger partial charge < -0.3 is 34.3 Å². The minimum absolute atomic E-state index is 0.269. The van der Waals surface area contributed by atoms with E-state index in [1.807, 2.05) is 6.07 Å². The van der Waals surface area contributed by atoms with Gasteiger partial charge in [0.2, 0.25) is 11.6 Å². The van der Waals surface area contributed by atoms with Crippen LogP contribution in [-0.2, 0) is 11.3 Å². The number of benzene rings is 3. The fourth-order valence-electron chi connectivity index (χ4n) is 4.84. The molecule has 0 aliphatic carbocycles. The molecule has 11 nitrogen and oxygen atoms in total. The van der Waals surface area contributed by atoms with Crippen LogP contribution in [0.2, 0.25) is 0 Å². The summed E-state index contributed by atoms with van der Waals surface area (Å²) in [6.07, 6.45) is 2.30. The lowest BCUT2D eigenvalue weighted by Crippen LogP contribution is -2.37. The number of ether oxygens (including phenoxy) is 5. The molecule has 2 aliphatic heterocycles. The number of nitrogens with zero attached hydrogens (tertiary/aromatic N) is 3. The summed E-state index contributed by atoms with van der Waals surface area (Å²) in [4.78, 5) is 23.5. The number of urea groups is 1. The first-order valence-corrected chi connectivity index (χ1v) is 14.2. The summed E-state index contributed by atoms with van der Waals surface area (Å²) in [6, 6.07) is 14.3. The molecular formula is C31H32FN5O6. The minimum Gasteiger partial charge on any atom is -0.489 e. The smallest absolute Gasteiger partial charge is 0.319 e. The molecule has 0 bridgehead atoms. The highest BCUT2D eigenvalue weighted by Gasteiger charge is 2.25. The van der Waals surface area contributed by atoms with E-state index in [9.17, 15) is 9.18 Å². The van der Waals surface area contributed by atoms with Gasteiger partial charge in [-0.1, -0.05) is 12.1 Å². The molecule has 224 valence electrons.